The molecule has 0 unspecified atom stereocenters. The maximum Gasteiger partial charge on any atom is 0.265 e. The number of para-hydroxylation sites is 1. The van der Waals surface area contributed by atoms with Gasteiger partial charge >= 0.3 is 0 Å². The molecule has 0 fully saturated rings. The Balaban J connectivity index is 1.43. The Morgan fingerprint density at radius 3 is 2.47 bits per heavy atom. The van der Waals surface area contributed by atoms with Crippen molar-refractivity contribution in [3.63, 3.8) is 0 Å². The third-order valence-electron chi connectivity index (χ3n) is 7.08. The second-order valence-corrected chi connectivity index (χ2v) is 15.7. The Hall–Kier alpha value is -2.91. The van der Waals surface area contributed by atoms with Gasteiger partial charge in [-0.25, -0.2) is 16.8 Å². The second-order valence-electron chi connectivity index (χ2n) is 10.1. The molecular weight excluding hydrogens is 650 g/mol. The summed E-state index contributed by atoms with van der Waals surface area (Å²) in [4.78, 5) is 2.89. The van der Waals surface area contributed by atoms with E-state index in [4.69, 9.17) is 11.6 Å². The van der Waals surface area contributed by atoms with Crippen molar-refractivity contribution in [2.24, 2.45) is 0 Å². The minimum absolute atomic E-state index is 0.137. The molecule has 0 spiro atoms. The molecule has 0 atom stereocenters. The standard InChI is InChI=1S/C29H26ClN3O6S4/c30-21-7-9-26-24(17-21)32(12-3-15-42(34,35)36)28(40-26)19-29-33(13-4-16-43(37,38)39)25-18-22(8-10-27(25)41-29)31-14-11-20-5-1-2-6-23(20)31/h1-2,5-11,14,17-19H,3-4,12-13,15-16H2,(H-,34,35,36,37,38,39)/p-1. The van der Waals surface area contributed by atoms with Crippen LogP contribution in [0.5, 0.6) is 0 Å². The van der Waals surface area contributed by atoms with Gasteiger partial charge in [-0.2, -0.15) is 4.57 Å². The quantitative estimate of drug-likeness (QED) is 0.139. The van der Waals surface area contributed by atoms with Crippen LogP contribution in [0.1, 0.15) is 17.8 Å². The molecule has 6 rings (SSSR count). The highest BCUT2D eigenvalue weighted by molar-refractivity contribution is 8.04. The maximum atomic E-state index is 11.4. The summed E-state index contributed by atoms with van der Waals surface area (Å²) >= 11 is 9.32. The lowest BCUT2D eigenvalue weighted by Gasteiger charge is -2.20. The molecule has 9 nitrogen and oxygen atoms in total. The van der Waals surface area contributed by atoms with E-state index in [0.29, 0.717) is 11.6 Å². The SMILES string of the molecule is O=S(=O)([O-])CCCN1C(=Cc2sc3ccc(-n4ccc5ccccc54)cc3[n+]2CCCS(=O)(=O)[O-])Sc2ccc(Cl)cc21. The average Bonchev–Trinajstić information content (AvgIpc) is 3.61. The second kappa shape index (κ2) is 11.9. The zero-order chi connectivity index (χ0) is 30.4. The lowest BCUT2D eigenvalue weighted by molar-refractivity contribution is -0.668. The van der Waals surface area contributed by atoms with E-state index in [1.54, 1.807) is 6.07 Å². The molecule has 0 saturated carbocycles. The van der Waals surface area contributed by atoms with E-state index >= 15 is 0 Å². The topological polar surface area (TPSA) is 126 Å². The first-order valence-electron chi connectivity index (χ1n) is 13.3. The van der Waals surface area contributed by atoms with Gasteiger partial charge in [-0.15, -0.1) is 0 Å². The van der Waals surface area contributed by atoms with Crippen LogP contribution in [-0.4, -0.2) is 48.6 Å². The van der Waals surface area contributed by atoms with Crippen molar-refractivity contribution < 1.29 is 30.5 Å². The lowest BCUT2D eigenvalue weighted by atomic mass is 10.2. The number of aromatic nitrogens is 2. The number of anilines is 1. The molecule has 0 aliphatic carbocycles. The van der Waals surface area contributed by atoms with Gasteiger partial charge in [-0.05, 0) is 54.3 Å². The number of fused-ring (bicyclic) bond motifs is 3. The summed E-state index contributed by atoms with van der Waals surface area (Å²) in [6, 6.07) is 21.7. The molecule has 2 aromatic heterocycles. The molecule has 224 valence electrons. The van der Waals surface area contributed by atoms with Crippen LogP contribution in [0.15, 0.2) is 82.9 Å². The fourth-order valence-electron chi connectivity index (χ4n) is 5.20. The number of thioether (sulfide) groups is 1. The van der Waals surface area contributed by atoms with Gasteiger partial charge in [0.15, 0.2) is 6.54 Å². The summed E-state index contributed by atoms with van der Waals surface area (Å²) in [5.41, 5.74) is 3.70. The van der Waals surface area contributed by atoms with E-state index < -0.39 is 31.7 Å². The van der Waals surface area contributed by atoms with Crippen molar-refractivity contribution in [2.45, 2.75) is 24.3 Å². The molecule has 0 saturated heterocycles. The predicted molar refractivity (Wildman–Crippen MR) is 170 cm³/mol. The highest BCUT2D eigenvalue weighted by atomic mass is 35.5. The van der Waals surface area contributed by atoms with Crippen molar-refractivity contribution in [1.82, 2.24) is 4.57 Å². The number of halogens is 1. The first-order chi connectivity index (χ1) is 20.4. The van der Waals surface area contributed by atoms with Crippen molar-refractivity contribution >= 4 is 87.8 Å². The molecule has 14 heteroatoms. The predicted octanol–water partition coefficient (Wildman–Crippen LogP) is 5.57. The molecule has 3 heterocycles. The monoisotopic (exact) mass is 674 g/mol. The smallest absolute Gasteiger partial charge is 0.265 e. The number of aryl methyl sites for hydroxylation is 1. The minimum atomic E-state index is -4.38. The zero-order valence-electron chi connectivity index (χ0n) is 22.6. The van der Waals surface area contributed by atoms with Gasteiger partial charge in [0.25, 0.3) is 5.01 Å². The Morgan fingerprint density at radius 2 is 1.67 bits per heavy atom. The van der Waals surface area contributed by atoms with Crippen molar-refractivity contribution in [1.29, 1.82) is 0 Å². The van der Waals surface area contributed by atoms with Gasteiger partial charge in [0, 0.05) is 46.7 Å². The Labute approximate surface area is 262 Å². The average molecular weight is 675 g/mol. The number of rotatable bonds is 10. The van der Waals surface area contributed by atoms with Crippen LogP contribution in [0.2, 0.25) is 5.02 Å². The number of hydrogen-bond donors (Lipinski definition) is 0. The van der Waals surface area contributed by atoms with Gasteiger partial charge in [0.1, 0.15) is 4.70 Å². The molecule has 0 amide bonds. The first kappa shape index (κ1) is 30.1. The minimum Gasteiger partial charge on any atom is -0.748 e. The highest BCUT2D eigenvalue weighted by Gasteiger charge is 2.28. The van der Waals surface area contributed by atoms with Gasteiger partial charge < -0.3 is 18.6 Å². The van der Waals surface area contributed by atoms with Crippen LogP contribution in [0.25, 0.3) is 32.9 Å². The summed E-state index contributed by atoms with van der Waals surface area (Å²) in [6.07, 6.45) is 4.26. The summed E-state index contributed by atoms with van der Waals surface area (Å²) < 4.78 is 73.2. The zero-order valence-corrected chi connectivity index (χ0v) is 26.6. The third kappa shape index (κ3) is 6.78. The molecule has 3 aromatic carbocycles. The molecular formula is C29H25ClN3O6S4-. The maximum absolute atomic E-state index is 11.4. The molecule has 0 bridgehead atoms. The van der Waals surface area contributed by atoms with Crippen LogP contribution in [0, 0.1) is 0 Å². The Bertz CT molecular complexity index is 2110. The summed E-state index contributed by atoms with van der Waals surface area (Å²) in [5.74, 6) is -0.968. The molecule has 43 heavy (non-hydrogen) atoms. The van der Waals surface area contributed by atoms with Crippen LogP contribution >= 0.6 is 34.7 Å². The molecule has 0 N–H and O–H groups in total. The first-order valence-corrected chi connectivity index (χ1v) is 18.5. The van der Waals surface area contributed by atoms with Crippen LogP contribution in [0.4, 0.5) is 5.69 Å². The van der Waals surface area contributed by atoms with Gasteiger partial charge in [0.2, 0.25) is 5.52 Å². The van der Waals surface area contributed by atoms with E-state index in [1.165, 1.54) is 23.1 Å². The fourth-order valence-corrected chi connectivity index (χ4v) is 8.62. The van der Waals surface area contributed by atoms with Crippen LogP contribution in [0.3, 0.4) is 0 Å². The third-order valence-corrected chi connectivity index (χ3v) is 11.1. The molecule has 5 aromatic rings. The lowest BCUT2D eigenvalue weighted by Crippen LogP contribution is -2.36. The van der Waals surface area contributed by atoms with Gasteiger partial charge in [-0.1, -0.05) is 52.9 Å². The molecule has 0 radical (unpaired) electrons. The van der Waals surface area contributed by atoms with Crippen LogP contribution in [-0.2, 0) is 26.8 Å². The van der Waals surface area contributed by atoms with Crippen molar-refractivity contribution in [3.8, 4) is 5.69 Å². The van der Waals surface area contributed by atoms with Gasteiger partial charge in [-0.3, -0.25) is 0 Å². The normalized spacial score (nSPS) is 14.8. The van der Waals surface area contributed by atoms with Crippen molar-refractivity contribution in [2.75, 3.05) is 23.0 Å². The van der Waals surface area contributed by atoms with Gasteiger partial charge in [0.05, 0.1) is 48.2 Å². The van der Waals surface area contributed by atoms with E-state index in [9.17, 15) is 25.9 Å². The largest absolute Gasteiger partial charge is 0.748 e. The van der Waals surface area contributed by atoms with Crippen LogP contribution < -0.4 is 9.47 Å². The number of hydrogen-bond acceptors (Lipinski definition) is 9. The summed E-state index contributed by atoms with van der Waals surface area (Å²) in [7, 11) is -8.75. The number of nitrogens with zero attached hydrogens (tertiary/aromatic N) is 3. The Morgan fingerprint density at radius 1 is 0.907 bits per heavy atom. The molecule has 1 aliphatic rings. The molecule has 1 aliphatic heterocycles. The summed E-state index contributed by atoms with van der Waals surface area (Å²) in [6.45, 7) is 0.589. The van der Waals surface area contributed by atoms with E-state index in [-0.39, 0.29) is 19.4 Å². The Kier molecular flexibility index (Phi) is 8.33. The fraction of sp³-hybridized carbons (Fsp3) is 0.207. The van der Waals surface area contributed by atoms with E-state index in [0.717, 1.165) is 47.4 Å². The van der Waals surface area contributed by atoms with E-state index in [1.807, 2.05) is 76.3 Å². The van der Waals surface area contributed by atoms with E-state index in [2.05, 4.69) is 10.6 Å². The number of benzene rings is 3. The summed E-state index contributed by atoms with van der Waals surface area (Å²) in [5, 5.41) is 3.28. The van der Waals surface area contributed by atoms with Crippen molar-refractivity contribution in [3.05, 3.63) is 88.0 Å². The number of thiazole rings is 1. The highest BCUT2D eigenvalue weighted by Crippen LogP contribution is 2.48.